The normalized spacial score (nSPS) is 15.1. The second kappa shape index (κ2) is 4.83. The Hall–Kier alpha value is -2.44. The Morgan fingerprint density at radius 1 is 1.33 bits per heavy atom. The first-order chi connectivity index (χ1) is 9.99. The predicted octanol–water partition coefficient (Wildman–Crippen LogP) is 1.12. The fourth-order valence-electron chi connectivity index (χ4n) is 2.85. The number of aromatic nitrogens is 4. The second-order valence-electron chi connectivity index (χ2n) is 5.43. The molecule has 1 N–H and O–H groups in total. The number of carbonyl (C=O) groups is 2. The van der Waals surface area contributed by atoms with Crippen molar-refractivity contribution >= 4 is 11.7 Å². The molecular weight excluding hydrogens is 270 g/mol. The molecule has 2 aromatic rings. The van der Waals surface area contributed by atoms with Crippen molar-refractivity contribution < 1.29 is 9.59 Å². The van der Waals surface area contributed by atoms with E-state index in [0.717, 1.165) is 11.3 Å². The van der Waals surface area contributed by atoms with Crippen molar-refractivity contribution in [1.82, 2.24) is 24.9 Å². The van der Waals surface area contributed by atoms with Crippen LogP contribution < -0.4 is 0 Å². The summed E-state index contributed by atoms with van der Waals surface area (Å²) in [7, 11) is 0. The van der Waals surface area contributed by atoms with Crippen molar-refractivity contribution in [1.29, 1.82) is 0 Å². The molecule has 2 aromatic heterocycles. The number of nitrogens with one attached hydrogen (secondary N) is 1. The van der Waals surface area contributed by atoms with Crippen LogP contribution >= 0.6 is 0 Å². The lowest BCUT2D eigenvalue weighted by atomic mass is 10.0. The molecule has 1 aliphatic heterocycles. The summed E-state index contributed by atoms with van der Waals surface area (Å²) < 4.78 is 1.76. The largest absolute Gasteiger partial charge is 0.354 e. The number of amides is 1. The van der Waals surface area contributed by atoms with E-state index in [4.69, 9.17) is 0 Å². The number of aromatic amines is 1. The van der Waals surface area contributed by atoms with Crippen LogP contribution in [0.25, 0.3) is 0 Å². The number of H-pyrrole nitrogens is 1. The highest BCUT2D eigenvalue weighted by molar-refractivity contribution is 6.02. The SMILES string of the molecule is CC(=O)c1c(C)[nH]c(C(=O)N2CC(n3ccnn3)C2)c1C. The molecule has 1 saturated heterocycles. The third-order valence-corrected chi connectivity index (χ3v) is 3.97. The Balaban J connectivity index is 1.76. The number of nitrogens with zero attached hydrogens (tertiary/aromatic N) is 4. The van der Waals surface area contributed by atoms with Crippen LogP contribution in [0.5, 0.6) is 0 Å². The summed E-state index contributed by atoms with van der Waals surface area (Å²) in [6.07, 6.45) is 3.42. The van der Waals surface area contributed by atoms with Crippen LogP contribution in [0.3, 0.4) is 0 Å². The standard InChI is InChI=1S/C14H17N5O2/c1-8-12(10(3)20)9(2)16-13(8)14(21)18-6-11(7-18)19-5-4-15-17-19/h4-5,11,16H,6-7H2,1-3H3. The van der Waals surface area contributed by atoms with E-state index in [1.165, 1.54) is 6.92 Å². The highest BCUT2D eigenvalue weighted by Crippen LogP contribution is 2.25. The van der Waals surface area contributed by atoms with Crippen molar-refractivity contribution in [3.8, 4) is 0 Å². The average Bonchev–Trinajstić information content (AvgIpc) is 2.95. The van der Waals surface area contributed by atoms with Crippen LogP contribution in [-0.4, -0.2) is 49.7 Å². The van der Waals surface area contributed by atoms with E-state index < -0.39 is 0 Å². The predicted molar refractivity (Wildman–Crippen MR) is 75.2 cm³/mol. The number of Topliss-reactive ketones (excluding diaryl/α,β-unsaturated/α-hetero) is 1. The Kier molecular flexibility index (Phi) is 3.12. The van der Waals surface area contributed by atoms with Gasteiger partial charge in [0.15, 0.2) is 5.78 Å². The number of rotatable bonds is 3. The molecule has 0 atom stereocenters. The van der Waals surface area contributed by atoms with Crippen LogP contribution in [0.15, 0.2) is 12.4 Å². The summed E-state index contributed by atoms with van der Waals surface area (Å²) in [6, 6.07) is 0.181. The minimum Gasteiger partial charge on any atom is -0.354 e. The molecule has 110 valence electrons. The van der Waals surface area contributed by atoms with Gasteiger partial charge in [0.05, 0.1) is 12.2 Å². The molecule has 3 heterocycles. The first-order valence-electron chi connectivity index (χ1n) is 6.84. The number of carbonyl (C=O) groups excluding carboxylic acids is 2. The zero-order valence-corrected chi connectivity index (χ0v) is 12.3. The van der Waals surface area contributed by atoms with Crippen molar-refractivity contribution in [3.63, 3.8) is 0 Å². The van der Waals surface area contributed by atoms with E-state index in [-0.39, 0.29) is 17.7 Å². The topological polar surface area (TPSA) is 83.9 Å². The van der Waals surface area contributed by atoms with Crippen LogP contribution in [0.4, 0.5) is 0 Å². The lowest BCUT2D eigenvalue weighted by Gasteiger charge is -2.38. The number of aryl methyl sites for hydroxylation is 1. The van der Waals surface area contributed by atoms with Gasteiger partial charge in [0, 0.05) is 30.5 Å². The van der Waals surface area contributed by atoms with Gasteiger partial charge in [0.2, 0.25) is 0 Å². The Morgan fingerprint density at radius 3 is 2.57 bits per heavy atom. The maximum Gasteiger partial charge on any atom is 0.270 e. The Morgan fingerprint density at radius 2 is 2.05 bits per heavy atom. The van der Waals surface area contributed by atoms with E-state index in [1.807, 2.05) is 13.8 Å². The molecule has 0 radical (unpaired) electrons. The summed E-state index contributed by atoms with van der Waals surface area (Å²) in [4.78, 5) is 28.9. The van der Waals surface area contributed by atoms with Crippen LogP contribution in [0.1, 0.15) is 45.1 Å². The zero-order chi connectivity index (χ0) is 15.1. The monoisotopic (exact) mass is 287 g/mol. The van der Waals surface area contributed by atoms with Gasteiger partial charge in [-0.05, 0) is 26.3 Å². The molecule has 3 rings (SSSR count). The van der Waals surface area contributed by atoms with E-state index in [2.05, 4.69) is 15.3 Å². The zero-order valence-electron chi connectivity index (χ0n) is 12.3. The van der Waals surface area contributed by atoms with Crippen molar-refractivity contribution in [3.05, 3.63) is 34.9 Å². The van der Waals surface area contributed by atoms with Crippen molar-refractivity contribution in [2.75, 3.05) is 13.1 Å². The second-order valence-corrected chi connectivity index (χ2v) is 5.43. The molecule has 7 heteroatoms. The van der Waals surface area contributed by atoms with E-state index >= 15 is 0 Å². The smallest absolute Gasteiger partial charge is 0.270 e. The summed E-state index contributed by atoms with van der Waals surface area (Å²) >= 11 is 0. The summed E-state index contributed by atoms with van der Waals surface area (Å²) in [5.41, 5.74) is 2.60. The van der Waals surface area contributed by atoms with E-state index in [0.29, 0.717) is 24.3 Å². The first kappa shape index (κ1) is 13.5. The van der Waals surface area contributed by atoms with Crippen LogP contribution in [0, 0.1) is 13.8 Å². The highest BCUT2D eigenvalue weighted by Gasteiger charge is 2.34. The van der Waals surface area contributed by atoms with Crippen molar-refractivity contribution in [2.45, 2.75) is 26.8 Å². The Bertz CT molecular complexity index is 695. The molecule has 1 aliphatic rings. The maximum atomic E-state index is 12.5. The maximum absolute atomic E-state index is 12.5. The van der Waals surface area contributed by atoms with Gasteiger partial charge >= 0.3 is 0 Å². The molecule has 1 fully saturated rings. The average molecular weight is 287 g/mol. The number of hydrogen-bond acceptors (Lipinski definition) is 4. The third kappa shape index (κ3) is 2.14. The van der Waals surface area contributed by atoms with Gasteiger partial charge in [0.25, 0.3) is 5.91 Å². The molecule has 21 heavy (non-hydrogen) atoms. The van der Waals surface area contributed by atoms with Gasteiger partial charge in [-0.25, -0.2) is 4.68 Å². The molecule has 0 aliphatic carbocycles. The summed E-state index contributed by atoms with van der Waals surface area (Å²) in [5, 5.41) is 7.71. The summed E-state index contributed by atoms with van der Waals surface area (Å²) in [6.45, 7) is 6.35. The third-order valence-electron chi connectivity index (χ3n) is 3.97. The fraction of sp³-hybridized carbons (Fsp3) is 0.429. The summed E-state index contributed by atoms with van der Waals surface area (Å²) in [5.74, 6) is -0.0936. The minimum atomic E-state index is -0.0699. The molecule has 7 nitrogen and oxygen atoms in total. The first-order valence-corrected chi connectivity index (χ1v) is 6.84. The Labute approximate surface area is 121 Å². The van der Waals surface area contributed by atoms with Gasteiger partial charge in [-0.2, -0.15) is 0 Å². The lowest BCUT2D eigenvalue weighted by Crippen LogP contribution is -2.51. The van der Waals surface area contributed by atoms with Crippen molar-refractivity contribution in [2.24, 2.45) is 0 Å². The number of hydrogen-bond donors (Lipinski definition) is 1. The fourth-order valence-corrected chi connectivity index (χ4v) is 2.85. The van der Waals surface area contributed by atoms with Gasteiger partial charge in [-0.15, -0.1) is 5.10 Å². The van der Waals surface area contributed by atoms with Crippen LogP contribution in [0.2, 0.25) is 0 Å². The number of ketones is 1. The molecule has 0 unspecified atom stereocenters. The van der Waals surface area contributed by atoms with E-state index in [1.54, 1.807) is 22.0 Å². The quantitative estimate of drug-likeness (QED) is 0.857. The molecule has 1 amide bonds. The molecule has 0 spiro atoms. The minimum absolute atomic E-state index is 0.0237. The van der Waals surface area contributed by atoms with Gasteiger partial charge in [0.1, 0.15) is 5.69 Å². The molecule has 0 saturated carbocycles. The van der Waals surface area contributed by atoms with Crippen LogP contribution in [-0.2, 0) is 0 Å². The molecule has 0 bridgehead atoms. The van der Waals surface area contributed by atoms with Gasteiger partial charge in [-0.1, -0.05) is 5.21 Å². The lowest BCUT2D eigenvalue weighted by molar-refractivity contribution is 0.0492. The van der Waals surface area contributed by atoms with Gasteiger partial charge in [-0.3, -0.25) is 9.59 Å². The van der Waals surface area contributed by atoms with Gasteiger partial charge < -0.3 is 9.88 Å². The number of likely N-dealkylation sites (tertiary alicyclic amines) is 1. The highest BCUT2D eigenvalue weighted by atomic mass is 16.2. The molecule has 0 aromatic carbocycles. The molecular formula is C14H17N5O2. The van der Waals surface area contributed by atoms with E-state index in [9.17, 15) is 9.59 Å².